The Balaban J connectivity index is 2.26. The van der Waals surface area contributed by atoms with Gasteiger partial charge >= 0.3 is 0 Å². The predicted octanol–water partition coefficient (Wildman–Crippen LogP) is 2.16. The lowest BCUT2D eigenvalue weighted by atomic mass is 10.1. The number of hydrogen-bond acceptors (Lipinski definition) is 3. The van der Waals surface area contributed by atoms with E-state index in [-0.39, 0.29) is 10.8 Å². The second kappa shape index (κ2) is 6.55. The van der Waals surface area contributed by atoms with Crippen LogP contribution in [-0.2, 0) is 14.8 Å². The van der Waals surface area contributed by atoms with Gasteiger partial charge in [0.1, 0.15) is 6.04 Å². The fourth-order valence-electron chi connectivity index (χ4n) is 1.99. The van der Waals surface area contributed by atoms with Gasteiger partial charge in [0.05, 0.1) is 4.90 Å². The third-order valence-electron chi connectivity index (χ3n) is 3.02. The van der Waals surface area contributed by atoms with Gasteiger partial charge in [-0.2, -0.15) is 4.72 Å². The fraction of sp³-hybridized carbons (Fsp3) is 0.417. The number of hydrogen-bond donors (Lipinski definition) is 2. The molecule has 1 amide bonds. The van der Waals surface area contributed by atoms with Gasteiger partial charge in [0.25, 0.3) is 0 Å². The Morgan fingerprint density at radius 2 is 2.00 bits per heavy atom. The topological polar surface area (TPSA) is 75.3 Å². The molecule has 0 radical (unpaired) electrons. The normalized spacial score (nSPS) is 20.3. The van der Waals surface area contributed by atoms with Gasteiger partial charge in [0, 0.05) is 15.5 Å². The minimum Gasteiger partial charge on any atom is -0.355 e. The van der Waals surface area contributed by atoms with Crippen LogP contribution in [0.2, 0.25) is 0 Å². The number of sulfonamides is 1. The Kier molecular flexibility index (Phi) is 5.22. The lowest BCUT2D eigenvalue weighted by Gasteiger charge is -2.16. The summed E-state index contributed by atoms with van der Waals surface area (Å²) < 4.78 is 28.4. The van der Waals surface area contributed by atoms with Gasteiger partial charge < -0.3 is 5.32 Å². The SMILES string of the molecule is O=C1NCCCCC1NS(=O)(=O)c1cc(Br)ccc1Br. The van der Waals surface area contributed by atoms with Crippen LogP contribution < -0.4 is 10.0 Å². The molecule has 2 N–H and O–H groups in total. The summed E-state index contributed by atoms with van der Waals surface area (Å²) in [6.45, 7) is 0.595. The van der Waals surface area contributed by atoms with Crippen molar-refractivity contribution in [1.29, 1.82) is 0 Å². The number of benzene rings is 1. The smallest absolute Gasteiger partial charge is 0.242 e. The molecule has 8 heteroatoms. The first kappa shape index (κ1) is 15.9. The van der Waals surface area contributed by atoms with E-state index in [4.69, 9.17) is 0 Å². The molecule has 1 atom stereocenters. The van der Waals surface area contributed by atoms with E-state index in [2.05, 4.69) is 41.9 Å². The van der Waals surface area contributed by atoms with Crippen molar-refractivity contribution in [2.24, 2.45) is 0 Å². The zero-order chi connectivity index (χ0) is 14.8. The van der Waals surface area contributed by atoms with Crippen LogP contribution in [0.15, 0.2) is 32.0 Å². The molecule has 0 aromatic heterocycles. The first-order valence-electron chi connectivity index (χ1n) is 6.15. The summed E-state index contributed by atoms with van der Waals surface area (Å²) >= 11 is 6.47. The van der Waals surface area contributed by atoms with Gasteiger partial charge in [0.15, 0.2) is 0 Å². The molecular weight excluding hydrogens is 412 g/mol. The molecular formula is C12H14Br2N2O3S. The number of nitrogens with one attached hydrogen (secondary N) is 2. The van der Waals surface area contributed by atoms with E-state index >= 15 is 0 Å². The Morgan fingerprint density at radius 3 is 2.75 bits per heavy atom. The summed E-state index contributed by atoms with van der Waals surface area (Å²) in [6, 6.07) is 4.17. The van der Waals surface area contributed by atoms with Crippen LogP contribution in [0.5, 0.6) is 0 Å². The molecule has 20 heavy (non-hydrogen) atoms. The van der Waals surface area contributed by atoms with E-state index in [0.29, 0.717) is 21.9 Å². The second-order valence-electron chi connectivity index (χ2n) is 4.54. The van der Waals surface area contributed by atoms with E-state index in [1.165, 1.54) is 6.07 Å². The van der Waals surface area contributed by atoms with Crippen molar-refractivity contribution in [2.45, 2.75) is 30.2 Å². The molecule has 0 saturated carbocycles. The van der Waals surface area contributed by atoms with Crippen molar-refractivity contribution < 1.29 is 13.2 Å². The highest BCUT2D eigenvalue weighted by molar-refractivity contribution is 9.11. The third-order valence-corrected chi connectivity index (χ3v) is 5.97. The average Bonchev–Trinajstić information content (AvgIpc) is 2.57. The minimum atomic E-state index is -3.75. The number of carbonyl (C=O) groups excluding carboxylic acids is 1. The molecule has 1 aliphatic rings. The van der Waals surface area contributed by atoms with Crippen LogP contribution >= 0.6 is 31.9 Å². The molecule has 1 saturated heterocycles. The maximum absolute atomic E-state index is 12.4. The number of carbonyl (C=O) groups is 1. The Hall–Kier alpha value is -0.440. The summed E-state index contributed by atoms with van der Waals surface area (Å²) in [7, 11) is -3.75. The van der Waals surface area contributed by atoms with E-state index in [0.717, 1.165) is 12.8 Å². The molecule has 2 rings (SSSR count). The molecule has 5 nitrogen and oxygen atoms in total. The zero-order valence-electron chi connectivity index (χ0n) is 10.5. The average molecular weight is 426 g/mol. The number of rotatable bonds is 3. The van der Waals surface area contributed by atoms with Gasteiger partial charge in [-0.15, -0.1) is 0 Å². The highest BCUT2D eigenvalue weighted by Crippen LogP contribution is 2.26. The molecule has 1 aromatic carbocycles. The minimum absolute atomic E-state index is 0.115. The molecule has 0 bridgehead atoms. The highest BCUT2D eigenvalue weighted by Gasteiger charge is 2.27. The molecule has 0 aliphatic carbocycles. The van der Waals surface area contributed by atoms with Crippen molar-refractivity contribution in [3.05, 3.63) is 27.1 Å². The van der Waals surface area contributed by atoms with Crippen molar-refractivity contribution in [1.82, 2.24) is 10.0 Å². The lowest BCUT2D eigenvalue weighted by molar-refractivity contribution is -0.122. The Labute approximate surface area is 134 Å². The van der Waals surface area contributed by atoms with Gasteiger partial charge in [0.2, 0.25) is 15.9 Å². The van der Waals surface area contributed by atoms with E-state index in [9.17, 15) is 13.2 Å². The van der Waals surface area contributed by atoms with Gasteiger partial charge in [-0.1, -0.05) is 15.9 Å². The van der Waals surface area contributed by atoms with Crippen LogP contribution in [0.3, 0.4) is 0 Å². The number of halogens is 2. The first-order valence-corrected chi connectivity index (χ1v) is 9.22. The lowest BCUT2D eigenvalue weighted by Crippen LogP contribution is -2.45. The van der Waals surface area contributed by atoms with E-state index in [1.54, 1.807) is 12.1 Å². The molecule has 1 fully saturated rings. The molecule has 1 heterocycles. The van der Waals surface area contributed by atoms with Crippen LogP contribution in [0.1, 0.15) is 19.3 Å². The third kappa shape index (κ3) is 3.81. The van der Waals surface area contributed by atoms with Crippen LogP contribution in [0.4, 0.5) is 0 Å². The zero-order valence-corrected chi connectivity index (χ0v) is 14.5. The first-order chi connectivity index (χ1) is 9.40. The summed E-state index contributed by atoms with van der Waals surface area (Å²) in [5.74, 6) is -0.266. The molecule has 0 spiro atoms. The monoisotopic (exact) mass is 424 g/mol. The highest BCUT2D eigenvalue weighted by atomic mass is 79.9. The molecule has 1 aromatic rings. The van der Waals surface area contributed by atoms with Crippen molar-refractivity contribution >= 4 is 47.8 Å². The summed E-state index contributed by atoms with van der Waals surface area (Å²) in [5, 5.41) is 2.71. The van der Waals surface area contributed by atoms with Crippen molar-refractivity contribution in [3.8, 4) is 0 Å². The largest absolute Gasteiger partial charge is 0.355 e. The van der Waals surface area contributed by atoms with Crippen molar-refractivity contribution in [2.75, 3.05) is 6.54 Å². The van der Waals surface area contributed by atoms with Gasteiger partial charge in [-0.25, -0.2) is 8.42 Å². The van der Waals surface area contributed by atoms with Crippen LogP contribution in [0, 0.1) is 0 Å². The molecule has 110 valence electrons. The standard InChI is InChI=1S/C12H14Br2N2O3S/c13-8-4-5-9(14)11(7-8)20(18,19)16-10-3-1-2-6-15-12(10)17/h4-5,7,10,16H,1-3,6H2,(H,15,17). The van der Waals surface area contributed by atoms with E-state index < -0.39 is 16.1 Å². The molecule has 1 unspecified atom stereocenters. The number of amides is 1. The maximum atomic E-state index is 12.4. The van der Waals surface area contributed by atoms with Gasteiger partial charge in [-0.05, 0) is 53.4 Å². The van der Waals surface area contributed by atoms with E-state index in [1.807, 2.05) is 0 Å². The Bertz CT molecular complexity index is 619. The van der Waals surface area contributed by atoms with Crippen LogP contribution in [0.25, 0.3) is 0 Å². The Morgan fingerprint density at radius 1 is 1.25 bits per heavy atom. The molecule has 1 aliphatic heterocycles. The summed E-state index contributed by atoms with van der Waals surface area (Å²) in [4.78, 5) is 11.9. The predicted molar refractivity (Wildman–Crippen MR) is 82.8 cm³/mol. The second-order valence-corrected chi connectivity index (χ2v) is 7.99. The summed E-state index contributed by atoms with van der Waals surface area (Å²) in [5.41, 5.74) is 0. The maximum Gasteiger partial charge on any atom is 0.242 e. The fourth-order valence-corrected chi connectivity index (χ4v) is 4.72. The van der Waals surface area contributed by atoms with Crippen molar-refractivity contribution in [3.63, 3.8) is 0 Å². The van der Waals surface area contributed by atoms with Crippen LogP contribution in [-0.4, -0.2) is 26.9 Å². The van der Waals surface area contributed by atoms with Gasteiger partial charge in [-0.3, -0.25) is 4.79 Å². The summed E-state index contributed by atoms with van der Waals surface area (Å²) in [6.07, 6.45) is 2.19. The quantitative estimate of drug-likeness (QED) is 0.779.